The Morgan fingerprint density at radius 3 is 2.76 bits per heavy atom. The van der Waals surface area contributed by atoms with Crippen LogP contribution < -0.4 is 16.0 Å². The Balaban J connectivity index is 1.33. The second kappa shape index (κ2) is 7.67. The normalized spacial score (nSPS) is 12.7. The zero-order valence-electron chi connectivity index (χ0n) is 16.1. The number of nitrogens with zero attached hydrogens (tertiary/aromatic N) is 3. The molecule has 0 atom stereocenters. The maximum absolute atomic E-state index is 12.6. The number of hydrogen-bond donors (Lipinski definition) is 3. The van der Waals surface area contributed by atoms with Crippen molar-refractivity contribution in [3.8, 4) is 11.1 Å². The second-order valence-electron chi connectivity index (χ2n) is 6.95. The lowest BCUT2D eigenvalue weighted by Gasteiger charge is -2.22. The minimum absolute atomic E-state index is 0.0898. The summed E-state index contributed by atoms with van der Waals surface area (Å²) in [6.45, 7) is 2.52. The van der Waals surface area contributed by atoms with E-state index >= 15 is 0 Å². The number of carbonyl (C=O) groups excluding carboxylic acids is 2. The Hall–Kier alpha value is -3.81. The second-order valence-corrected chi connectivity index (χ2v) is 6.95. The monoisotopic (exact) mass is 390 g/mol. The summed E-state index contributed by atoms with van der Waals surface area (Å²) in [5.41, 5.74) is 9.20. The van der Waals surface area contributed by atoms with Crippen molar-refractivity contribution in [2.24, 2.45) is 0 Å². The number of hydrogen-bond acceptors (Lipinski definition) is 4. The molecule has 0 unspecified atom stereocenters. The van der Waals surface area contributed by atoms with Crippen LogP contribution in [-0.2, 0) is 16.1 Å². The standard InChI is InChI=1S/C21H22N6O2/c1-14-11-20-26(9-2-10-27(20)25-14)21(29)8-7-19(28)24-18-12-16(13-23-18)15-3-5-17(22)6-4-15/h2-6,9,11-13,23H,7-8,10,22H2,1H3,(H,24,28). The molecular weight excluding hydrogens is 368 g/mol. The summed E-state index contributed by atoms with van der Waals surface area (Å²) >= 11 is 0. The fourth-order valence-electron chi connectivity index (χ4n) is 3.26. The quantitative estimate of drug-likeness (QED) is 0.582. The van der Waals surface area contributed by atoms with Crippen LogP contribution in [0.5, 0.6) is 0 Å². The number of nitrogens with two attached hydrogens (primary N) is 1. The van der Waals surface area contributed by atoms with Crippen molar-refractivity contribution in [1.82, 2.24) is 14.8 Å². The predicted molar refractivity (Wildman–Crippen MR) is 112 cm³/mol. The molecule has 0 fully saturated rings. The number of aromatic nitrogens is 3. The number of benzene rings is 1. The number of allylic oxidation sites excluding steroid dienone is 1. The first-order valence-corrected chi connectivity index (χ1v) is 9.37. The van der Waals surface area contributed by atoms with Crippen LogP contribution >= 0.6 is 0 Å². The lowest BCUT2D eigenvalue weighted by Crippen LogP contribution is -2.30. The molecule has 0 aliphatic carbocycles. The minimum atomic E-state index is -0.227. The van der Waals surface area contributed by atoms with Gasteiger partial charge in [-0.15, -0.1) is 0 Å². The minimum Gasteiger partial charge on any atom is -0.399 e. The highest BCUT2D eigenvalue weighted by Crippen LogP contribution is 2.24. The molecule has 8 nitrogen and oxygen atoms in total. The molecule has 148 valence electrons. The number of H-pyrrole nitrogens is 1. The maximum atomic E-state index is 12.6. The van der Waals surface area contributed by atoms with Crippen molar-refractivity contribution in [1.29, 1.82) is 0 Å². The molecule has 0 radical (unpaired) electrons. The Morgan fingerprint density at radius 2 is 1.97 bits per heavy atom. The Morgan fingerprint density at radius 1 is 1.17 bits per heavy atom. The van der Waals surface area contributed by atoms with Crippen molar-refractivity contribution < 1.29 is 9.59 Å². The van der Waals surface area contributed by atoms with E-state index in [0.717, 1.165) is 22.6 Å². The van der Waals surface area contributed by atoms with E-state index in [1.807, 2.05) is 55.6 Å². The molecule has 1 aliphatic rings. The molecular formula is C21H22N6O2. The van der Waals surface area contributed by atoms with Crippen molar-refractivity contribution in [2.75, 3.05) is 16.0 Å². The molecule has 2 amide bonds. The summed E-state index contributed by atoms with van der Waals surface area (Å²) < 4.78 is 1.77. The first-order valence-electron chi connectivity index (χ1n) is 9.37. The number of aryl methyl sites for hydroxylation is 1. The zero-order valence-corrected chi connectivity index (χ0v) is 16.1. The summed E-state index contributed by atoms with van der Waals surface area (Å²) in [5.74, 6) is 0.940. The average molecular weight is 390 g/mol. The van der Waals surface area contributed by atoms with Crippen LogP contribution in [0.1, 0.15) is 18.5 Å². The van der Waals surface area contributed by atoms with Crippen molar-refractivity contribution in [3.63, 3.8) is 0 Å². The van der Waals surface area contributed by atoms with Gasteiger partial charge in [0.25, 0.3) is 0 Å². The maximum Gasteiger partial charge on any atom is 0.232 e. The number of nitrogens with one attached hydrogen (secondary N) is 2. The van der Waals surface area contributed by atoms with Crippen LogP contribution in [0.2, 0.25) is 0 Å². The van der Waals surface area contributed by atoms with E-state index in [9.17, 15) is 9.59 Å². The molecule has 3 aromatic rings. The zero-order chi connectivity index (χ0) is 20.4. The summed E-state index contributed by atoms with van der Waals surface area (Å²) in [5, 5.41) is 7.15. The fraction of sp³-hybridized carbons (Fsp3) is 0.190. The van der Waals surface area contributed by atoms with Gasteiger partial charge >= 0.3 is 0 Å². The van der Waals surface area contributed by atoms with Gasteiger partial charge in [-0.2, -0.15) is 5.10 Å². The molecule has 0 spiro atoms. The third kappa shape index (κ3) is 4.06. The third-order valence-electron chi connectivity index (χ3n) is 4.70. The van der Waals surface area contributed by atoms with Gasteiger partial charge in [-0.05, 0) is 36.8 Å². The third-order valence-corrected chi connectivity index (χ3v) is 4.70. The molecule has 29 heavy (non-hydrogen) atoms. The van der Waals surface area contributed by atoms with E-state index in [0.29, 0.717) is 18.1 Å². The molecule has 8 heteroatoms. The van der Waals surface area contributed by atoms with E-state index in [1.165, 1.54) is 0 Å². The molecule has 4 rings (SSSR count). The van der Waals surface area contributed by atoms with Crippen LogP contribution in [0.4, 0.5) is 17.3 Å². The van der Waals surface area contributed by atoms with E-state index in [2.05, 4.69) is 15.4 Å². The number of amides is 2. The van der Waals surface area contributed by atoms with Gasteiger partial charge in [-0.3, -0.25) is 14.5 Å². The van der Waals surface area contributed by atoms with Gasteiger partial charge in [0.1, 0.15) is 11.6 Å². The van der Waals surface area contributed by atoms with E-state index < -0.39 is 0 Å². The van der Waals surface area contributed by atoms with Gasteiger partial charge in [0.05, 0.1) is 12.2 Å². The van der Waals surface area contributed by atoms with Crippen LogP contribution in [0.25, 0.3) is 11.1 Å². The molecule has 1 aromatic carbocycles. The van der Waals surface area contributed by atoms with Crippen LogP contribution in [-0.4, -0.2) is 26.6 Å². The fourth-order valence-corrected chi connectivity index (χ4v) is 3.26. The Kier molecular flexibility index (Phi) is 4.90. The molecule has 0 saturated carbocycles. The summed E-state index contributed by atoms with van der Waals surface area (Å²) in [6, 6.07) is 11.2. The number of nitrogen functional groups attached to an aromatic ring is 1. The highest BCUT2D eigenvalue weighted by atomic mass is 16.2. The Labute approximate surface area is 168 Å². The SMILES string of the molecule is Cc1cc2n(n1)CC=CN2C(=O)CCC(=O)Nc1cc(-c2ccc(N)cc2)c[nH]1. The van der Waals surface area contributed by atoms with Gasteiger partial charge in [0.15, 0.2) is 0 Å². The summed E-state index contributed by atoms with van der Waals surface area (Å²) in [6.07, 6.45) is 5.61. The largest absolute Gasteiger partial charge is 0.399 e. The molecule has 2 aromatic heterocycles. The van der Waals surface area contributed by atoms with E-state index in [-0.39, 0.29) is 24.7 Å². The van der Waals surface area contributed by atoms with Crippen molar-refractivity contribution in [3.05, 3.63) is 60.6 Å². The smallest absolute Gasteiger partial charge is 0.232 e. The molecule has 1 aliphatic heterocycles. The lowest BCUT2D eigenvalue weighted by atomic mass is 10.1. The summed E-state index contributed by atoms with van der Waals surface area (Å²) in [7, 11) is 0. The number of anilines is 3. The average Bonchev–Trinajstić information content (AvgIpc) is 3.32. The van der Waals surface area contributed by atoms with Gasteiger partial charge < -0.3 is 16.0 Å². The number of fused-ring (bicyclic) bond motifs is 1. The first kappa shape index (κ1) is 18.5. The number of carbonyl (C=O) groups is 2. The van der Waals surface area contributed by atoms with Gasteiger partial charge in [-0.1, -0.05) is 12.1 Å². The lowest BCUT2D eigenvalue weighted by molar-refractivity contribution is -0.122. The van der Waals surface area contributed by atoms with Crippen molar-refractivity contribution >= 4 is 29.1 Å². The van der Waals surface area contributed by atoms with Gasteiger partial charge in [0, 0.05) is 42.6 Å². The highest BCUT2D eigenvalue weighted by Gasteiger charge is 2.21. The van der Waals surface area contributed by atoms with Crippen LogP contribution in [0, 0.1) is 6.92 Å². The first-order chi connectivity index (χ1) is 14.0. The van der Waals surface area contributed by atoms with Gasteiger partial charge in [-0.25, -0.2) is 4.68 Å². The van der Waals surface area contributed by atoms with E-state index in [1.54, 1.807) is 15.8 Å². The number of aromatic amines is 1. The van der Waals surface area contributed by atoms with Gasteiger partial charge in [0.2, 0.25) is 11.8 Å². The molecule has 0 saturated heterocycles. The summed E-state index contributed by atoms with van der Waals surface area (Å²) in [4.78, 5) is 29.4. The topological polar surface area (TPSA) is 109 Å². The molecule has 3 heterocycles. The van der Waals surface area contributed by atoms with Crippen molar-refractivity contribution in [2.45, 2.75) is 26.3 Å². The highest BCUT2D eigenvalue weighted by molar-refractivity contribution is 5.98. The van der Waals surface area contributed by atoms with E-state index in [4.69, 9.17) is 5.73 Å². The predicted octanol–water partition coefficient (Wildman–Crippen LogP) is 3.05. The molecule has 4 N–H and O–H groups in total. The molecule has 0 bridgehead atoms. The number of rotatable bonds is 5. The van der Waals surface area contributed by atoms with Crippen LogP contribution in [0.3, 0.4) is 0 Å². The Bertz CT molecular complexity index is 1080. The van der Waals surface area contributed by atoms with Crippen LogP contribution in [0.15, 0.2) is 54.9 Å².